The third kappa shape index (κ3) is 3.98. The Morgan fingerprint density at radius 2 is 1.24 bits per heavy atom. The van der Waals surface area contributed by atoms with Crippen LogP contribution in [0.2, 0.25) is 0 Å². The molecule has 0 saturated heterocycles. The number of ether oxygens (including phenoxy) is 2. The quantitative estimate of drug-likeness (QED) is 0.794. The second-order valence-corrected chi connectivity index (χ2v) is 5.51. The van der Waals surface area contributed by atoms with Crippen molar-refractivity contribution in [3.8, 4) is 11.5 Å². The van der Waals surface area contributed by atoms with Gasteiger partial charge in [0.25, 0.3) is 0 Å². The Bertz CT molecular complexity index is 564. The monoisotopic (exact) mass is 304 g/mol. The Balaban J connectivity index is 2.21. The van der Waals surface area contributed by atoms with Gasteiger partial charge in [0.1, 0.15) is 11.5 Å². The van der Waals surface area contributed by atoms with Gasteiger partial charge in [-0.15, -0.1) is 0 Å². The van der Waals surface area contributed by atoms with Gasteiger partial charge in [-0.1, -0.05) is 11.8 Å². The van der Waals surface area contributed by atoms with Gasteiger partial charge in [-0.2, -0.15) is 0 Å². The summed E-state index contributed by atoms with van der Waals surface area (Å²) in [5.41, 5.74) is 13.1. The van der Waals surface area contributed by atoms with E-state index in [1.165, 1.54) is 0 Å². The zero-order chi connectivity index (χ0) is 15.2. The van der Waals surface area contributed by atoms with Crippen LogP contribution in [0, 0.1) is 0 Å². The van der Waals surface area contributed by atoms with Crippen molar-refractivity contribution < 1.29 is 9.47 Å². The topological polar surface area (TPSA) is 70.5 Å². The Labute approximate surface area is 129 Å². The van der Waals surface area contributed by atoms with E-state index in [0.717, 1.165) is 9.79 Å². The summed E-state index contributed by atoms with van der Waals surface area (Å²) in [6, 6.07) is 11.5. The van der Waals surface area contributed by atoms with Gasteiger partial charge in [0.2, 0.25) is 0 Å². The molecule has 4 nitrogen and oxygen atoms in total. The van der Waals surface area contributed by atoms with Gasteiger partial charge in [-0.3, -0.25) is 0 Å². The van der Waals surface area contributed by atoms with Crippen molar-refractivity contribution in [1.82, 2.24) is 0 Å². The molecule has 0 aliphatic carbocycles. The van der Waals surface area contributed by atoms with Gasteiger partial charge < -0.3 is 20.9 Å². The second-order valence-electron chi connectivity index (χ2n) is 4.37. The lowest BCUT2D eigenvalue weighted by atomic mass is 10.3. The van der Waals surface area contributed by atoms with Crippen LogP contribution >= 0.6 is 11.8 Å². The number of benzene rings is 2. The van der Waals surface area contributed by atoms with Crippen molar-refractivity contribution in [2.45, 2.75) is 23.6 Å². The fourth-order valence-corrected chi connectivity index (χ4v) is 2.73. The molecule has 21 heavy (non-hydrogen) atoms. The molecule has 0 radical (unpaired) electrons. The van der Waals surface area contributed by atoms with Crippen LogP contribution < -0.4 is 20.9 Å². The van der Waals surface area contributed by atoms with Crippen LogP contribution in [0.15, 0.2) is 46.2 Å². The second kappa shape index (κ2) is 7.13. The van der Waals surface area contributed by atoms with E-state index < -0.39 is 0 Å². The van der Waals surface area contributed by atoms with E-state index in [1.54, 1.807) is 11.8 Å². The van der Waals surface area contributed by atoms with E-state index in [4.69, 9.17) is 20.9 Å². The van der Waals surface area contributed by atoms with E-state index in [-0.39, 0.29) is 0 Å². The molecule has 0 spiro atoms. The van der Waals surface area contributed by atoms with Gasteiger partial charge in [0, 0.05) is 9.79 Å². The molecule has 0 fully saturated rings. The molecule has 0 aliphatic heterocycles. The average Bonchev–Trinajstić information content (AvgIpc) is 2.47. The lowest BCUT2D eigenvalue weighted by molar-refractivity contribution is 0.341. The molecule has 112 valence electrons. The number of hydrogen-bond donors (Lipinski definition) is 2. The third-order valence-electron chi connectivity index (χ3n) is 2.81. The van der Waals surface area contributed by atoms with Crippen molar-refractivity contribution in [2.24, 2.45) is 0 Å². The molecule has 0 heterocycles. The highest BCUT2D eigenvalue weighted by Gasteiger charge is 2.06. The maximum Gasteiger partial charge on any atom is 0.143 e. The smallest absolute Gasteiger partial charge is 0.143 e. The van der Waals surface area contributed by atoms with E-state index in [2.05, 4.69) is 0 Å². The predicted molar refractivity (Wildman–Crippen MR) is 88.2 cm³/mol. The highest BCUT2D eigenvalue weighted by atomic mass is 32.2. The number of nitrogen functional groups attached to an aromatic ring is 2. The van der Waals surface area contributed by atoms with Crippen LogP contribution in [0.4, 0.5) is 11.4 Å². The molecule has 0 saturated carbocycles. The lowest BCUT2D eigenvalue weighted by Crippen LogP contribution is -1.97. The Morgan fingerprint density at radius 1 is 0.810 bits per heavy atom. The number of rotatable bonds is 6. The van der Waals surface area contributed by atoms with Crippen molar-refractivity contribution >= 4 is 23.1 Å². The Morgan fingerprint density at radius 3 is 1.62 bits per heavy atom. The van der Waals surface area contributed by atoms with Crippen molar-refractivity contribution in [3.05, 3.63) is 36.4 Å². The molecular weight excluding hydrogens is 284 g/mol. The standard InChI is InChI=1S/C16H20N2O2S/c1-3-19-15-9-11(5-7-13(15)17)21-12-6-8-14(18)16(10-12)20-4-2/h5-10H,3-4,17-18H2,1-2H3. The van der Waals surface area contributed by atoms with Gasteiger partial charge in [0.05, 0.1) is 24.6 Å². The average molecular weight is 304 g/mol. The molecule has 0 atom stereocenters. The van der Waals surface area contributed by atoms with Crippen LogP contribution in [-0.4, -0.2) is 13.2 Å². The number of nitrogens with two attached hydrogens (primary N) is 2. The molecular formula is C16H20N2O2S. The van der Waals surface area contributed by atoms with Gasteiger partial charge in [0.15, 0.2) is 0 Å². The molecule has 2 aromatic carbocycles. The number of anilines is 2. The molecule has 0 aromatic heterocycles. The first-order valence-electron chi connectivity index (χ1n) is 6.86. The zero-order valence-electron chi connectivity index (χ0n) is 12.3. The summed E-state index contributed by atoms with van der Waals surface area (Å²) in [6.07, 6.45) is 0. The van der Waals surface area contributed by atoms with Crippen LogP contribution in [-0.2, 0) is 0 Å². The van der Waals surface area contributed by atoms with Gasteiger partial charge in [-0.05, 0) is 50.2 Å². The maximum atomic E-state index is 5.88. The van der Waals surface area contributed by atoms with E-state index in [1.807, 2.05) is 50.2 Å². The summed E-state index contributed by atoms with van der Waals surface area (Å²) < 4.78 is 11.0. The molecule has 2 aromatic rings. The largest absolute Gasteiger partial charge is 0.492 e. The molecule has 0 bridgehead atoms. The molecule has 0 aliphatic rings. The first-order valence-corrected chi connectivity index (χ1v) is 7.68. The minimum atomic E-state index is 0.592. The summed E-state index contributed by atoms with van der Waals surface area (Å²) in [5.74, 6) is 1.42. The lowest BCUT2D eigenvalue weighted by Gasteiger charge is -2.11. The van der Waals surface area contributed by atoms with Crippen LogP contribution in [0.3, 0.4) is 0 Å². The Hall–Kier alpha value is -2.01. The first kappa shape index (κ1) is 15.4. The SMILES string of the molecule is CCOc1cc(Sc2ccc(N)c(OCC)c2)ccc1N. The van der Waals surface area contributed by atoms with E-state index in [9.17, 15) is 0 Å². The highest BCUT2D eigenvalue weighted by Crippen LogP contribution is 2.36. The fraction of sp³-hybridized carbons (Fsp3) is 0.250. The fourth-order valence-electron chi connectivity index (χ4n) is 1.85. The summed E-state index contributed by atoms with van der Waals surface area (Å²) in [4.78, 5) is 2.11. The molecule has 0 unspecified atom stereocenters. The molecule has 2 rings (SSSR count). The van der Waals surface area contributed by atoms with E-state index >= 15 is 0 Å². The normalized spacial score (nSPS) is 10.4. The van der Waals surface area contributed by atoms with Crippen LogP contribution in [0.5, 0.6) is 11.5 Å². The molecule has 5 heteroatoms. The summed E-state index contributed by atoms with van der Waals surface area (Å²) >= 11 is 1.61. The van der Waals surface area contributed by atoms with Crippen molar-refractivity contribution in [2.75, 3.05) is 24.7 Å². The van der Waals surface area contributed by atoms with Crippen LogP contribution in [0.1, 0.15) is 13.8 Å². The third-order valence-corrected chi connectivity index (χ3v) is 3.78. The minimum absolute atomic E-state index is 0.592. The Kier molecular flexibility index (Phi) is 5.22. The van der Waals surface area contributed by atoms with Gasteiger partial charge in [-0.25, -0.2) is 0 Å². The summed E-state index contributed by atoms with van der Waals surface area (Å²) in [5, 5.41) is 0. The van der Waals surface area contributed by atoms with Crippen molar-refractivity contribution in [1.29, 1.82) is 0 Å². The van der Waals surface area contributed by atoms with Crippen LogP contribution in [0.25, 0.3) is 0 Å². The van der Waals surface area contributed by atoms with Crippen molar-refractivity contribution in [3.63, 3.8) is 0 Å². The molecule has 0 amide bonds. The zero-order valence-corrected chi connectivity index (χ0v) is 13.1. The summed E-state index contributed by atoms with van der Waals surface area (Å²) in [7, 11) is 0. The predicted octanol–water partition coefficient (Wildman–Crippen LogP) is 3.80. The highest BCUT2D eigenvalue weighted by molar-refractivity contribution is 7.99. The first-order chi connectivity index (χ1) is 10.1. The maximum absolute atomic E-state index is 5.88. The molecule has 4 N–H and O–H groups in total. The minimum Gasteiger partial charge on any atom is -0.492 e. The summed E-state index contributed by atoms with van der Waals surface area (Å²) in [6.45, 7) is 5.06. The van der Waals surface area contributed by atoms with E-state index in [0.29, 0.717) is 36.1 Å². The number of hydrogen-bond acceptors (Lipinski definition) is 5. The van der Waals surface area contributed by atoms with Gasteiger partial charge >= 0.3 is 0 Å².